The van der Waals surface area contributed by atoms with Crippen molar-refractivity contribution in [3.05, 3.63) is 24.2 Å². The highest BCUT2D eigenvalue weighted by molar-refractivity contribution is 5.07. The zero-order valence-electron chi connectivity index (χ0n) is 10.6. The molecule has 1 rings (SSSR count). The van der Waals surface area contributed by atoms with E-state index in [9.17, 15) is 0 Å². The predicted molar refractivity (Wildman–Crippen MR) is 67.3 cm³/mol. The van der Waals surface area contributed by atoms with Crippen molar-refractivity contribution in [2.45, 2.75) is 45.7 Å². The predicted octanol–water partition coefficient (Wildman–Crippen LogP) is 2.79. The van der Waals surface area contributed by atoms with Gasteiger partial charge in [-0.3, -0.25) is 4.90 Å². The fraction of sp³-hybridized carbons (Fsp3) is 0.692. The summed E-state index contributed by atoms with van der Waals surface area (Å²) in [6.45, 7) is 8.52. The van der Waals surface area contributed by atoms with Gasteiger partial charge in [0.2, 0.25) is 0 Å². The van der Waals surface area contributed by atoms with E-state index in [1.165, 1.54) is 12.8 Å². The van der Waals surface area contributed by atoms with Crippen molar-refractivity contribution in [3.63, 3.8) is 0 Å². The highest BCUT2D eigenvalue weighted by Gasteiger charge is 2.24. The number of hydrogen-bond acceptors (Lipinski definition) is 3. The first-order chi connectivity index (χ1) is 7.70. The Labute approximate surface area is 98.6 Å². The maximum atomic E-state index is 6.07. The lowest BCUT2D eigenvalue weighted by molar-refractivity contribution is 0.160. The normalized spacial score (nSPS) is 15.3. The third kappa shape index (κ3) is 3.35. The van der Waals surface area contributed by atoms with Gasteiger partial charge < -0.3 is 10.2 Å². The Balaban J connectivity index is 2.75. The van der Waals surface area contributed by atoms with E-state index in [1.54, 1.807) is 6.26 Å². The molecule has 2 unspecified atom stereocenters. The van der Waals surface area contributed by atoms with E-state index in [-0.39, 0.29) is 12.1 Å². The molecule has 92 valence electrons. The standard InChI is InChI=1S/C13H24N2O/c1-4-6-9-15(5-2)13(11(3)14)12-8-7-10-16-12/h7-8,10-11,13H,4-6,9,14H2,1-3H3. The average Bonchev–Trinajstić information content (AvgIpc) is 2.76. The molecule has 0 aliphatic rings. The van der Waals surface area contributed by atoms with Crippen LogP contribution in [0.25, 0.3) is 0 Å². The van der Waals surface area contributed by atoms with Crippen LogP contribution in [0.5, 0.6) is 0 Å². The molecule has 0 aliphatic carbocycles. The first-order valence-corrected chi connectivity index (χ1v) is 6.23. The van der Waals surface area contributed by atoms with E-state index in [4.69, 9.17) is 10.2 Å². The maximum absolute atomic E-state index is 6.07. The van der Waals surface area contributed by atoms with Gasteiger partial charge >= 0.3 is 0 Å². The second-order valence-corrected chi connectivity index (χ2v) is 4.30. The summed E-state index contributed by atoms with van der Waals surface area (Å²) in [6.07, 6.45) is 4.14. The van der Waals surface area contributed by atoms with Crippen LogP contribution in [-0.2, 0) is 0 Å². The van der Waals surface area contributed by atoms with Crippen molar-refractivity contribution in [1.82, 2.24) is 4.90 Å². The Bertz CT molecular complexity index is 269. The summed E-state index contributed by atoms with van der Waals surface area (Å²) >= 11 is 0. The summed E-state index contributed by atoms with van der Waals surface area (Å²) in [5, 5.41) is 0. The van der Waals surface area contributed by atoms with E-state index in [2.05, 4.69) is 18.7 Å². The summed E-state index contributed by atoms with van der Waals surface area (Å²) in [5.74, 6) is 0.980. The van der Waals surface area contributed by atoms with E-state index in [0.29, 0.717) is 0 Å². The topological polar surface area (TPSA) is 42.4 Å². The lowest BCUT2D eigenvalue weighted by atomic mass is 10.1. The highest BCUT2D eigenvalue weighted by atomic mass is 16.3. The number of hydrogen-bond donors (Lipinski definition) is 1. The van der Waals surface area contributed by atoms with Gasteiger partial charge in [-0.2, -0.15) is 0 Å². The van der Waals surface area contributed by atoms with Crippen LogP contribution in [0.3, 0.4) is 0 Å². The van der Waals surface area contributed by atoms with Crippen molar-refractivity contribution in [1.29, 1.82) is 0 Å². The van der Waals surface area contributed by atoms with Crippen molar-refractivity contribution >= 4 is 0 Å². The number of nitrogens with zero attached hydrogens (tertiary/aromatic N) is 1. The van der Waals surface area contributed by atoms with Crippen LogP contribution < -0.4 is 5.73 Å². The summed E-state index contributed by atoms with van der Waals surface area (Å²) in [7, 11) is 0. The molecule has 0 aliphatic heterocycles. The Morgan fingerprint density at radius 2 is 2.19 bits per heavy atom. The summed E-state index contributed by atoms with van der Waals surface area (Å²) in [4.78, 5) is 2.40. The zero-order chi connectivity index (χ0) is 12.0. The van der Waals surface area contributed by atoms with Crippen molar-refractivity contribution in [2.24, 2.45) is 5.73 Å². The molecular formula is C13H24N2O. The number of rotatable bonds is 7. The third-order valence-corrected chi connectivity index (χ3v) is 2.93. The Kier molecular flexibility index (Phi) is 5.56. The minimum Gasteiger partial charge on any atom is -0.468 e. The fourth-order valence-corrected chi connectivity index (χ4v) is 2.09. The summed E-state index contributed by atoms with van der Waals surface area (Å²) < 4.78 is 5.50. The molecule has 0 bridgehead atoms. The Morgan fingerprint density at radius 1 is 1.44 bits per heavy atom. The molecule has 3 heteroatoms. The smallest absolute Gasteiger partial charge is 0.122 e. The van der Waals surface area contributed by atoms with E-state index < -0.39 is 0 Å². The Morgan fingerprint density at radius 3 is 2.62 bits per heavy atom. The number of unbranched alkanes of at least 4 members (excludes halogenated alkanes) is 1. The fourth-order valence-electron chi connectivity index (χ4n) is 2.09. The van der Waals surface area contributed by atoms with Gasteiger partial charge in [-0.15, -0.1) is 0 Å². The molecule has 1 aromatic heterocycles. The average molecular weight is 224 g/mol. The van der Waals surface area contributed by atoms with Gasteiger partial charge in [0.15, 0.2) is 0 Å². The third-order valence-electron chi connectivity index (χ3n) is 2.93. The summed E-state index contributed by atoms with van der Waals surface area (Å²) in [5.41, 5.74) is 6.07. The molecule has 0 spiro atoms. The second kappa shape index (κ2) is 6.71. The van der Waals surface area contributed by atoms with Crippen LogP contribution in [0.1, 0.15) is 45.4 Å². The van der Waals surface area contributed by atoms with Gasteiger partial charge in [-0.1, -0.05) is 20.3 Å². The quantitative estimate of drug-likeness (QED) is 0.774. The highest BCUT2D eigenvalue weighted by Crippen LogP contribution is 2.24. The van der Waals surface area contributed by atoms with Gasteiger partial charge in [-0.25, -0.2) is 0 Å². The van der Waals surface area contributed by atoms with Gasteiger partial charge in [0, 0.05) is 6.04 Å². The van der Waals surface area contributed by atoms with Gasteiger partial charge in [0.1, 0.15) is 5.76 Å². The number of furan rings is 1. The van der Waals surface area contributed by atoms with Crippen LogP contribution in [0.15, 0.2) is 22.8 Å². The molecule has 0 saturated carbocycles. The van der Waals surface area contributed by atoms with Crippen molar-refractivity contribution in [2.75, 3.05) is 13.1 Å². The summed E-state index contributed by atoms with van der Waals surface area (Å²) in [6, 6.07) is 4.23. The molecule has 1 aromatic rings. The largest absolute Gasteiger partial charge is 0.468 e. The van der Waals surface area contributed by atoms with Gasteiger partial charge in [-0.05, 0) is 38.6 Å². The second-order valence-electron chi connectivity index (χ2n) is 4.30. The van der Waals surface area contributed by atoms with Gasteiger partial charge in [0.25, 0.3) is 0 Å². The first-order valence-electron chi connectivity index (χ1n) is 6.23. The molecule has 0 fully saturated rings. The molecule has 0 radical (unpaired) electrons. The van der Waals surface area contributed by atoms with Crippen LogP contribution in [0, 0.1) is 0 Å². The zero-order valence-corrected chi connectivity index (χ0v) is 10.6. The monoisotopic (exact) mass is 224 g/mol. The SMILES string of the molecule is CCCCN(CC)C(c1ccco1)C(C)N. The van der Waals surface area contributed by atoms with Crippen LogP contribution in [0.4, 0.5) is 0 Å². The number of likely N-dealkylation sites (N-methyl/N-ethyl adjacent to an activating group) is 1. The maximum Gasteiger partial charge on any atom is 0.122 e. The molecular weight excluding hydrogens is 200 g/mol. The minimum atomic E-state index is 0.0861. The molecule has 0 aromatic carbocycles. The van der Waals surface area contributed by atoms with E-state index in [1.807, 2.05) is 19.1 Å². The van der Waals surface area contributed by atoms with Crippen LogP contribution in [0.2, 0.25) is 0 Å². The molecule has 2 N–H and O–H groups in total. The van der Waals surface area contributed by atoms with E-state index in [0.717, 1.165) is 18.8 Å². The van der Waals surface area contributed by atoms with Crippen molar-refractivity contribution in [3.8, 4) is 0 Å². The van der Waals surface area contributed by atoms with Crippen LogP contribution in [-0.4, -0.2) is 24.0 Å². The van der Waals surface area contributed by atoms with Crippen molar-refractivity contribution < 1.29 is 4.42 Å². The molecule has 0 amide bonds. The first kappa shape index (κ1) is 13.3. The Hall–Kier alpha value is -0.800. The molecule has 0 saturated heterocycles. The molecule has 3 nitrogen and oxygen atoms in total. The van der Waals surface area contributed by atoms with E-state index >= 15 is 0 Å². The molecule has 16 heavy (non-hydrogen) atoms. The minimum absolute atomic E-state index is 0.0861. The van der Waals surface area contributed by atoms with Crippen LogP contribution >= 0.6 is 0 Å². The lowest BCUT2D eigenvalue weighted by Crippen LogP contribution is -2.39. The molecule has 1 heterocycles. The van der Waals surface area contributed by atoms with Gasteiger partial charge in [0.05, 0.1) is 12.3 Å². The number of nitrogens with two attached hydrogens (primary N) is 1. The lowest BCUT2D eigenvalue weighted by Gasteiger charge is -2.31. The molecule has 2 atom stereocenters.